The van der Waals surface area contributed by atoms with Crippen LogP contribution in [-0.4, -0.2) is 30.6 Å². The zero-order chi connectivity index (χ0) is 16.3. The number of nitrogens with zero attached hydrogens (tertiary/aromatic N) is 2. The Hall–Kier alpha value is -1.06. The van der Waals surface area contributed by atoms with Gasteiger partial charge in [0.15, 0.2) is 0 Å². The van der Waals surface area contributed by atoms with E-state index in [0.29, 0.717) is 12.8 Å². The monoisotopic (exact) mass is 334 g/mol. The van der Waals surface area contributed by atoms with Gasteiger partial charge in [0.1, 0.15) is 0 Å². The molecular weight excluding hydrogens is 312 g/mol. The summed E-state index contributed by atoms with van der Waals surface area (Å²) < 4.78 is 26.7. The highest BCUT2D eigenvalue weighted by atomic mass is 32.2. The molecule has 1 aromatic heterocycles. The molecule has 1 rings (SSSR count). The second kappa shape index (κ2) is 6.80. The molecule has 0 saturated carbocycles. The molecule has 0 atom stereocenters. The van der Waals surface area contributed by atoms with Crippen molar-refractivity contribution in [3.05, 3.63) is 0 Å². The lowest BCUT2D eigenvalue weighted by Crippen LogP contribution is -2.33. The molecule has 1 amide bonds. The molecular formula is C12H22N4O3S2. The van der Waals surface area contributed by atoms with Crippen LogP contribution < -0.4 is 10.0 Å². The largest absolute Gasteiger partial charge is 0.300 e. The molecule has 0 aromatic carbocycles. The van der Waals surface area contributed by atoms with Crippen molar-refractivity contribution < 1.29 is 13.2 Å². The molecule has 0 radical (unpaired) electrons. The maximum absolute atomic E-state index is 12.1. The number of aromatic nitrogens is 2. The lowest BCUT2D eigenvalue weighted by molar-refractivity contribution is -0.123. The van der Waals surface area contributed by atoms with Gasteiger partial charge in [-0.3, -0.25) is 4.79 Å². The van der Waals surface area contributed by atoms with Gasteiger partial charge in [-0.25, -0.2) is 13.1 Å². The molecule has 0 unspecified atom stereocenters. The van der Waals surface area contributed by atoms with Crippen molar-refractivity contribution in [1.82, 2.24) is 14.9 Å². The van der Waals surface area contributed by atoms with E-state index < -0.39 is 15.4 Å². The van der Waals surface area contributed by atoms with Crippen molar-refractivity contribution in [1.29, 1.82) is 0 Å². The molecule has 1 aromatic rings. The predicted octanol–water partition coefficient (Wildman–Crippen LogP) is 1.99. The van der Waals surface area contributed by atoms with Crippen molar-refractivity contribution in [3.8, 4) is 0 Å². The second-order valence-electron chi connectivity index (χ2n) is 5.71. The number of carbonyl (C=O) groups excluding carboxylic acids is 1. The lowest BCUT2D eigenvalue weighted by atomic mass is 9.96. The summed E-state index contributed by atoms with van der Waals surface area (Å²) in [6.07, 6.45) is 1.39. The van der Waals surface area contributed by atoms with Crippen LogP contribution in [0.3, 0.4) is 0 Å². The van der Waals surface area contributed by atoms with Crippen LogP contribution in [-0.2, 0) is 14.8 Å². The van der Waals surface area contributed by atoms with E-state index in [1.54, 1.807) is 20.8 Å². The van der Waals surface area contributed by atoms with Crippen LogP contribution in [0.5, 0.6) is 0 Å². The summed E-state index contributed by atoms with van der Waals surface area (Å²) in [6.45, 7) is 9.10. The van der Waals surface area contributed by atoms with E-state index in [2.05, 4.69) is 20.2 Å². The average Bonchev–Trinajstić information content (AvgIpc) is 2.84. The van der Waals surface area contributed by atoms with E-state index in [0.717, 1.165) is 11.3 Å². The molecule has 0 spiro atoms. The minimum Gasteiger partial charge on any atom is -0.300 e. The molecule has 1 heterocycles. The first kappa shape index (κ1) is 18.0. The molecule has 2 N–H and O–H groups in total. The number of amides is 1. The van der Waals surface area contributed by atoms with E-state index in [1.807, 2.05) is 13.8 Å². The van der Waals surface area contributed by atoms with Crippen LogP contribution >= 0.6 is 11.3 Å². The second-order valence-corrected chi connectivity index (χ2v) is 8.58. The fraction of sp³-hybridized carbons (Fsp3) is 0.750. The summed E-state index contributed by atoms with van der Waals surface area (Å²) in [5.74, 6) is -0.240. The summed E-state index contributed by atoms with van der Waals surface area (Å²) in [5.41, 5.74) is -0.585. The number of rotatable bonds is 6. The summed E-state index contributed by atoms with van der Waals surface area (Å²) in [7, 11) is -3.69. The minimum absolute atomic E-state index is 0.133. The van der Waals surface area contributed by atoms with E-state index in [4.69, 9.17) is 0 Å². The lowest BCUT2D eigenvalue weighted by Gasteiger charge is -2.15. The zero-order valence-electron chi connectivity index (χ0n) is 12.9. The third-order valence-electron chi connectivity index (χ3n) is 2.85. The smallest absolute Gasteiger partial charge is 0.270 e. The molecule has 0 aliphatic heterocycles. The fourth-order valence-corrected chi connectivity index (χ4v) is 3.69. The molecule has 7 nitrogen and oxygen atoms in total. The highest BCUT2D eigenvalue weighted by Crippen LogP contribution is 2.23. The molecule has 0 aliphatic carbocycles. The van der Waals surface area contributed by atoms with Gasteiger partial charge in [-0.2, -0.15) is 0 Å². The maximum atomic E-state index is 12.1. The summed E-state index contributed by atoms with van der Waals surface area (Å²) in [6, 6.07) is -0.133. The topological polar surface area (TPSA) is 101 Å². The van der Waals surface area contributed by atoms with Gasteiger partial charge in [0.25, 0.3) is 10.0 Å². The van der Waals surface area contributed by atoms with Crippen LogP contribution in [0.25, 0.3) is 0 Å². The van der Waals surface area contributed by atoms with Crippen molar-refractivity contribution in [2.45, 2.75) is 57.8 Å². The zero-order valence-corrected chi connectivity index (χ0v) is 14.6. The van der Waals surface area contributed by atoms with Crippen molar-refractivity contribution in [2.75, 3.05) is 5.32 Å². The normalized spacial score (nSPS) is 12.7. The standard InChI is InChI=1S/C12H22N4O3S2/c1-6-8(7-2)16-21(18,19)11-15-14-10(20-11)13-9(17)12(3,4)5/h8,16H,6-7H2,1-5H3,(H,13,14,17). The SMILES string of the molecule is CCC(CC)NS(=O)(=O)c1nnc(NC(=O)C(C)(C)C)s1. The quantitative estimate of drug-likeness (QED) is 0.775. The Balaban J connectivity index is 2.86. The highest BCUT2D eigenvalue weighted by Gasteiger charge is 2.26. The molecule has 9 heteroatoms. The van der Waals surface area contributed by atoms with Gasteiger partial charge in [-0.1, -0.05) is 46.0 Å². The van der Waals surface area contributed by atoms with Crippen LogP contribution in [0.2, 0.25) is 0 Å². The number of hydrogen-bond donors (Lipinski definition) is 2. The molecule has 0 saturated heterocycles. The third kappa shape index (κ3) is 5.01. The Morgan fingerprint density at radius 2 is 1.81 bits per heavy atom. The number of hydrogen-bond acceptors (Lipinski definition) is 6. The molecule has 0 fully saturated rings. The summed E-state index contributed by atoms with van der Waals surface area (Å²) in [4.78, 5) is 11.8. The Morgan fingerprint density at radius 3 is 2.29 bits per heavy atom. The van der Waals surface area contributed by atoms with Crippen molar-refractivity contribution in [3.63, 3.8) is 0 Å². The minimum atomic E-state index is -3.69. The molecule has 0 aliphatic rings. The van der Waals surface area contributed by atoms with Gasteiger partial charge in [0.05, 0.1) is 0 Å². The number of sulfonamides is 1. The van der Waals surface area contributed by atoms with E-state index in [9.17, 15) is 13.2 Å². The maximum Gasteiger partial charge on any atom is 0.270 e. The number of nitrogens with one attached hydrogen (secondary N) is 2. The van der Waals surface area contributed by atoms with Gasteiger partial charge < -0.3 is 5.32 Å². The Labute approximate surface area is 129 Å². The van der Waals surface area contributed by atoms with Gasteiger partial charge in [0, 0.05) is 11.5 Å². The van der Waals surface area contributed by atoms with Crippen LogP contribution in [0, 0.1) is 5.41 Å². The van der Waals surface area contributed by atoms with E-state index in [1.165, 1.54) is 0 Å². The Kier molecular flexibility index (Phi) is 5.83. The Morgan fingerprint density at radius 1 is 1.24 bits per heavy atom. The van der Waals surface area contributed by atoms with Crippen LogP contribution in [0.4, 0.5) is 5.13 Å². The average molecular weight is 334 g/mol. The number of carbonyl (C=O) groups is 1. The third-order valence-corrected chi connectivity index (χ3v) is 5.57. The first-order chi connectivity index (χ1) is 9.60. The van der Waals surface area contributed by atoms with Gasteiger partial charge in [-0.15, -0.1) is 10.2 Å². The first-order valence-electron chi connectivity index (χ1n) is 6.77. The predicted molar refractivity (Wildman–Crippen MR) is 82.7 cm³/mol. The van der Waals surface area contributed by atoms with Gasteiger partial charge in [0.2, 0.25) is 15.4 Å². The van der Waals surface area contributed by atoms with Gasteiger partial charge in [-0.05, 0) is 12.8 Å². The molecule has 0 bridgehead atoms. The van der Waals surface area contributed by atoms with Crippen LogP contribution in [0.15, 0.2) is 4.34 Å². The van der Waals surface area contributed by atoms with Crippen LogP contribution in [0.1, 0.15) is 47.5 Å². The summed E-state index contributed by atoms with van der Waals surface area (Å²) >= 11 is 0.843. The van der Waals surface area contributed by atoms with Crippen molar-refractivity contribution in [2.24, 2.45) is 5.41 Å². The molecule has 21 heavy (non-hydrogen) atoms. The van der Waals surface area contributed by atoms with Crippen molar-refractivity contribution >= 4 is 32.4 Å². The Bertz CT molecular complexity index is 586. The first-order valence-corrected chi connectivity index (χ1v) is 9.07. The summed E-state index contributed by atoms with van der Waals surface area (Å²) in [5, 5.41) is 10.1. The molecule has 120 valence electrons. The van der Waals surface area contributed by atoms with Gasteiger partial charge >= 0.3 is 0 Å². The highest BCUT2D eigenvalue weighted by molar-refractivity contribution is 7.91. The number of anilines is 1. The fourth-order valence-electron chi connectivity index (χ4n) is 1.38. The van der Waals surface area contributed by atoms with E-state index in [-0.39, 0.29) is 21.4 Å². The van der Waals surface area contributed by atoms with E-state index >= 15 is 0 Å².